The Morgan fingerprint density at radius 1 is 1.16 bits per heavy atom. The summed E-state index contributed by atoms with van der Waals surface area (Å²) in [6.45, 7) is 0. The van der Waals surface area contributed by atoms with E-state index in [0.717, 1.165) is 6.07 Å². The summed E-state index contributed by atoms with van der Waals surface area (Å²) in [6, 6.07) is 0.921. The summed E-state index contributed by atoms with van der Waals surface area (Å²) in [7, 11) is 0. The van der Waals surface area contributed by atoms with Crippen molar-refractivity contribution in [2.45, 2.75) is 6.18 Å². The highest BCUT2D eigenvalue weighted by molar-refractivity contribution is 6.46. The Balaban J connectivity index is 3.39. The third kappa shape index (κ3) is 3.43. The molecule has 1 aromatic rings. The molecular formula is C9H3Cl3F3NO3. The molecule has 4 nitrogen and oxygen atoms in total. The smallest absolute Gasteiger partial charge is 0.471 e. The fourth-order valence-corrected chi connectivity index (χ4v) is 1.84. The van der Waals surface area contributed by atoms with Gasteiger partial charge in [-0.15, -0.1) is 0 Å². The van der Waals surface area contributed by atoms with Gasteiger partial charge in [0.1, 0.15) is 5.56 Å². The molecule has 0 bridgehead atoms. The fraction of sp³-hybridized carbons (Fsp3) is 0.111. The maximum absolute atomic E-state index is 12.1. The van der Waals surface area contributed by atoms with Crippen LogP contribution < -0.4 is 5.32 Å². The molecule has 1 amide bonds. The maximum Gasteiger partial charge on any atom is 0.471 e. The number of amides is 1. The van der Waals surface area contributed by atoms with E-state index in [9.17, 15) is 22.8 Å². The molecule has 0 fully saturated rings. The van der Waals surface area contributed by atoms with E-state index in [1.807, 2.05) is 0 Å². The van der Waals surface area contributed by atoms with E-state index >= 15 is 0 Å². The lowest BCUT2D eigenvalue weighted by molar-refractivity contribution is -0.167. The minimum atomic E-state index is -5.20. The largest absolute Gasteiger partial charge is 0.478 e. The van der Waals surface area contributed by atoms with Gasteiger partial charge in [-0.3, -0.25) is 4.79 Å². The van der Waals surface area contributed by atoms with Crippen LogP contribution in [-0.2, 0) is 4.79 Å². The molecule has 0 aliphatic heterocycles. The van der Waals surface area contributed by atoms with Gasteiger partial charge in [0.25, 0.3) is 0 Å². The molecule has 0 saturated heterocycles. The van der Waals surface area contributed by atoms with Crippen LogP contribution in [-0.4, -0.2) is 23.2 Å². The highest BCUT2D eigenvalue weighted by Gasteiger charge is 2.40. The van der Waals surface area contributed by atoms with Gasteiger partial charge in [-0.05, 0) is 6.07 Å². The lowest BCUT2D eigenvalue weighted by Crippen LogP contribution is -2.30. The van der Waals surface area contributed by atoms with Crippen molar-refractivity contribution >= 4 is 52.4 Å². The number of benzene rings is 1. The standard InChI is InChI=1S/C9H3Cl3F3NO3/c10-2-1-3(11)6(4(5(2)12)7(17)18)16-8(19)9(13,14)15/h1H,(H,16,19)(H,17,18). The normalized spacial score (nSPS) is 11.3. The second-order valence-electron chi connectivity index (χ2n) is 3.16. The molecule has 0 radical (unpaired) electrons. The molecule has 0 aromatic heterocycles. The molecule has 0 saturated carbocycles. The van der Waals surface area contributed by atoms with Crippen molar-refractivity contribution in [1.82, 2.24) is 0 Å². The van der Waals surface area contributed by atoms with Gasteiger partial charge in [-0.1, -0.05) is 34.8 Å². The molecule has 0 heterocycles. The van der Waals surface area contributed by atoms with Gasteiger partial charge < -0.3 is 10.4 Å². The number of anilines is 1. The number of carbonyl (C=O) groups excluding carboxylic acids is 1. The van der Waals surface area contributed by atoms with Crippen LogP contribution >= 0.6 is 34.8 Å². The zero-order valence-corrected chi connectivity index (χ0v) is 10.9. The number of carbonyl (C=O) groups is 2. The van der Waals surface area contributed by atoms with Crippen molar-refractivity contribution in [3.05, 3.63) is 26.7 Å². The van der Waals surface area contributed by atoms with Gasteiger partial charge in [0, 0.05) is 0 Å². The molecule has 2 N–H and O–H groups in total. The first-order chi connectivity index (χ1) is 8.55. The number of carboxylic acid groups (broad SMARTS) is 1. The molecule has 0 aliphatic carbocycles. The molecule has 0 unspecified atom stereocenters. The van der Waals surface area contributed by atoms with Crippen LogP contribution in [0, 0.1) is 0 Å². The van der Waals surface area contributed by atoms with Crippen LogP contribution in [0.15, 0.2) is 6.07 Å². The Kier molecular flexibility index (Phi) is 4.54. The summed E-state index contributed by atoms with van der Waals surface area (Å²) in [5.41, 5.74) is -1.59. The van der Waals surface area contributed by atoms with Gasteiger partial charge in [0.2, 0.25) is 0 Å². The lowest BCUT2D eigenvalue weighted by Gasteiger charge is -2.14. The third-order valence-corrected chi connectivity index (χ3v) is 2.97. The Morgan fingerprint density at radius 2 is 1.68 bits per heavy atom. The highest BCUT2D eigenvalue weighted by Crippen LogP contribution is 2.38. The number of halogens is 6. The fourth-order valence-electron chi connectivity index (χ4n) is 1.10. The zero-order chi connectivity index (χ0) is 15.0. The molecule has 0 atom stereocenters. The van der Waals surface area contributed by atoms with E-state index < -0.39 is 39.3 Å². The van der Waals surface area contributed by atoms with Crippen molar-refractivity contribution < 1.29 is 27.9 Å². The predicted octanol–water partition coefficient (Wildman–Crippen LogP) is 3.85. The first-order valence-corrected chi connectivity index (χ1v) is 5.48. The van der Waals surface area contributed by atoms with E-state index in [4.69, 9.17) is 39.9 Å². The van der Waals surface area contributed by atoms with Crippen LogP contribution in [0.1, 0.15) is 10.4 Å². The number of hydrogen-bond acceptors (Lipinski definition) is 2. The van der Waals surface area contributed by atoms with E-state index in [1.54, 1.807) is 0 Å². The maximum atomic E-state index is 12.1. The Bertz CT molecular complexity index is 560. The molecule has 1 aromatic carbocycles. The second kappa shape index (κ2) is 5.44. The second-order valence-corrected chi connectivity index (χ2v) is 4.35. The van der Waals surface area contributed by atoms with Gasteiger partial charge in [0.15, 0.2) is 0 Å². The number of hydrogen-bond donors (Lipinski definition) is 2. The van der Waals surface area contributed by atoms with Crippen molar-refractivity contribution in [2.75, 3.05) is 5.32 Å². The molecule has 1 rings (SSSR count). The van der Waals surface area contributed by atoms with Gasteiger partial charge in [-0.25, -0.2) is 4.79 Å². The van der Waals surface area contributed by atoms with Crippen LogP contribution in [0.2, 0.25) is 15.1 Å². The number of aromatic carboxylic acids is 1. The lowest BCUT2D eigenvalue weighted by atomic mass is 10.1. The van der Waals surface area contributed by atoms with Gasteiger partial charge in [0.05, 0.1) is 20.8 Å². The quantitative estimate of drug-likeness (QED) is 0.806. The minimum absolute atomic E-state index is 0.269. The summed E-state index contributed by atoms with van der Waals surface area (Å²) in [4.78, 5) is 21.7. The van der Waals surface area contributed by atoms with Crippen LogP contribution in [0.25, 0.3) is 0 Å². The van der Waals surface area contributed by atoms with E-state index in [0.29, 0.717) is 0 Å². The van der Waals surface area contributed by atoms with Crippen LogP contribution in [0.5, 0.6) is 0 Å². The number of carboxylic acids is 1. The molecule has 0 aliphatic rings. The number of nitrogens with one attached hydrogen (secondary N) is 1. The first kappa shape index (κ1) is 15.9. The monoisotopic (exact) mass is 335 g/mol. The van der Waals surface area contributed by atoms with Crippen LogP contribution in [0.3, 0.4) is 0 Å². The van der Waals surface area contributed by atoms with Gasteiger partial charge >= 0.3 is 18.1 Å². The SMILES string of the molecule is O=C(O)c1c(Cl)c(Cl)cc(Cl)c1NC(=O)C(F)(F)F. The average molecular weight is 336 g/mol. The molecule has 10 heteroatoms. The molecular weight excluding hydrogens is 333 g/mol. The Morgan fingerprint density at radius 3 is 2.11 bits per heavy atom. The third-order valence-electron chi connectivity index (χ3n) is 1.88. The summed E-state index contributed by atoms with van der Waals surface area (Å²) >= 11 is 16.7. The Hall–Kier alpha value is -1.18. The van der Waals surface area contributed by atoms with Crippen LogP contribution in [0.4, 0.5) is 18.9 Å². The summed E-state index contributed by atoms with van der Waals surface area (Å²) in [6.07, 6.45) is -5.20. The van der Waals surface area contributed by atoms with Crippen molar-refractivity contribution in [2.24, 2.45) is 0 Å². The number of alkyl halides is 3. The summed E-state index contributed by atoms with van der Waals surface area (Å²) in [5.74, 6) is -4.07. The predicted molar refractivity (Wildman–Crippen MR) is 63.1 cm³/mol. The molecule has 0 spiro atoms. The van der Waals surface area contributed by atoms with Gasteiger partial charge in [-0.2, -0.15) is 13.2 Å². The average Bonchev–Trinajstić information content (AvgIpc) is 2.23. The summed E-state index contributed by atoms with van der Waals surface area (Å²) < 4.78 is 36.4. The zero-order valence-electron chi connectivity index (χ0n) is 8.61. The molecule has 104 valence electrons. The minimum Gasteiger partial charge on any atom is -0.478 e. The van der Waals surface area contributed by atoms with E-state index in [1.165, 1.54) is 5.32 Å². The van der Waals surface area contributed by atoms with E-state index in [2.05, 4.69) is 0 Å². The van der Waals surface area contributed by atoms with Crippen molar-refractivity contribution in [1.29, 1.82) is 0 Å². The summed E-state index contributed by atoms with van der Waals surface area (Å²) in [5, 5.41) is 8.94. The van der Waals surface area contributed by atoms with Crippen molar-refractivity contribution in [3.63, 3.8) is 0 Å². The first-order valence-electron chi connectivity index (χ1n) is 4.34. The molecule has 19 heavy (non-hydrogen) atoms. The topological polar surface area (TPSA) is 66.4 Å². The van der Waals surface area contributed by atoms with Crippen molar-refractivity contribution in [3.8, 4) is 0 Å². The highest BCUT2D eigenvalue weighted by atomic mass is 35.5. The van der Waals surface area contributed by atoms with E-state index in [-0.39, 0.29) is 5.02 Å². The Labute approximate surface area is 119 Å². The number of rotatable bonds is 2.